The molecule has 4 heterocycles. The minimum absolute atomic E-state index is 0.0273. The van der Waals surface area contributed by atoms with E-state index in [1.807, 2.05) is 18.2 Å². The predicted octanol–water partition coefficient (Wildman–Crippen LogP) is 3.47. The van der Waals surface area contributed by atoms with E-state index in [4.69, 9.17) is 28.5 Å². The fourth-order valence-corrected chi connectivity index (χ4v) is 11.1. The van der Waals surface area contributed by atoms with E-state index in [0.29, 0.717) is 11.8 Å². The molecule has 3 saturated carbocycles. The van der Waals surface area contributed by atoms with E-state index in [0.717, 1.165) is 43.2 Å². The fraction of sp³-hybridized carbons (Fsp3) is 0.733. The molecule has 13 atom stereocenters. The Kier molecular flexibility index (Phi) is 11.5. The minimum atomic E-state index is -1.58. The maximum atomic E-state index is 14.9. The van der Waals surface area contributed by atoms with Crippen LogP contribution in [0.1, 0.15) is 111 Å². The Bertz CT molecular complexity index is 1880. The molecule has 3 aliphatic carbocycles. The Labute approximate surface area is 352 Å². The van der Waals surface area contributed by atoms with Gasteiger partial charge in [-0.05, 0) is 102 Å². The van der Waals surface area contributed by atoms with E-state index in [2.05, 4.69) is 43.5 Å². The lowest BCUT2D eigenvalue weighted by atomic mass is 9.52. The summed E-state index contributed by atoms with van der Waals surface area (Å²) in [4.78, 5) is 61.9. The van der Waals surface area contributed by atoms with Gasteiger partial charge in [0.15, 0.2) is 6.04 Å². The van der Waals surface area contributed by atoms with Crippen molar-refractivity contribution in [3.05, 3.63) is 41.0 Å². The fourth-order valence-electron chi connectivity index (χ4n) is 11.1. The molecule has 7 aliphatic rings. The van der Waals surface area contributed by atoms with Crippen LogP contribution in [-0.4, -0.2) is 118 Å². The summed E-state index contributed by atoms with van der Waals surface area (Å²) in [5, 5.41) is 27.9. The number of carbonyl (C=O) groups excluding carboxylic acids is 4. The standard InChI is InChI=1S/C45H63N3O12/c1-24(50)34(39(52)46-28(22-49)13-15-33(51)59-42(2,3)4)47-41(54)45-20-31-35-36(56-23-55-35)38(45)60-48(37(45)40(53)57-31)21-27-11-9-8-10-25(27)18-26-12-14-32-44(7,58-32)17-16-30-29(26)19-43(30,5)6/h8-11,18,24,28-32,34-38,49-50H,12-17,19-23H2,1-7H3,(H,46,52)(H,47,54). The van der Waals surface area contributed by atoms with Crippen LogP contribution in [0.3, 0.4) is 0 Å². The van der Waals surface area contributed by atoms with Crippen LogP contribution < -0.4 is 10.6 Å². The third kappa shape index (κ3) is 8.04. The molecule has 0 aromatic heterocycles. The normalized spacial score (nSPS) is 37.4. The van der Waals surface area contributed by atoms with Crippen molar-refractivity contribution < 1.29 is 57.9 Å². The third-order valence-electron chi connectivity index (χ3n) is 14.3. The minimum Gasteiger partial charge on any atom is -0.460 e. The number of rotatable bonds is 12. The molecule has 4 N–H and O–H groups in total. The van der Waals surface area contributed by atoms with E-state index in [1.165, 1.54) is 17.6 Å². The number of aliphatic hydroxyl groups excluding tert-OH is 2. The molecular weight excluding hydrogens is 775 g/mol. The number of esters is 2. The van der Waals surface area contributed by atoms with E-state index in [9.17, 15) is 29.4 Å². The first-order valence-electron chi connectivity index (χ1n) is 21.8. The highest BCUT2D eigenvalue weighted by Gasteiger charge is 2.75. The maximum absolute atomic E-state index is 14.9. The maximum Gasteiger partial charge on any atom is 0.327 e. The second-order valence-electron chi connectivity index (χ2n) is 20.1. The number of allylic oxidation sites excluding steroid dienone is 1. The van der Waals surface area contributed by atoms with Crippen molar-refractivity contribution in [1.82, 2.24) is 15.7 Å². The summed E-state index contributed by atoms with van der Waals surface area (Å²) in [6.45, 7) is 13.2. The lowest BCUT2D eigenvalue weighted by molar-refractivity contribution is -0.201. The van der Waals surface area contributed by atoms with Gasteiger partial charge in [-0.2, -0.15) is 5.06 Å². The van der Waals surface area contributed by atoms with Gasteiger partial charge in [-0.15, -0.1) is 0 Å². The van der Waals surface area contributed by atoms with Crippen LogP contribution >= 0.6 is 0 Å². The Hall–Kier alpha value is -3.44. The quantitative estimate of drug-likeness (QED) is 0.177. The molecule has 7 fully saturated rings. The first-order valence-corrected chi connectivity index (χ1v) is 21.8. The number of benzene rings is 1. The molecule has 15 nitrogen and oxygen atoms in total. The smallest absolute Gasteiger partial charge is 0.327 e. The monoisotopic (exact) mass is 837 g/mol. The molecular formula is C45H63N3O12. The molecule has 330 valence electrons. The Morgan fingerprint density at radius 1 is 1.07 bits per heavy atom. The van der Waals surface area contributed by atoms with Crippen molar-refractivity contribution in [3.63, 3.8) is 0 Å². The van der Waals surface area contributed by atoms with E-state index >= 15 is 0 Å². The lowest BCUT2D eigenvalue weighted by Crippen LogP contribution is -2.71. The van der Waals surface area contributed by atoms with Gasteiger partial charge >= 0.3 is 11.9 Å². The van der Waals surface area contributed by atoms with Gasteiger partial charge < -0.3 is 44.5 Å². The SMILES string of the molecule is CC(O)C(NC(=O)C12CC3OC(=O)C1N(Cc1ccccc1C=C1CCC4OC4(C)CCC4C1CC4(C)C)OC2C1OCOC31)C(=O)NC(CO)CCC(=O)OC(C)(C)C. The summed E-state index contributed by atoms with van der Waals surface area (Å²) >= 11 is 0. The zero-order valence-corrected chi connectivity index (χ0v) is 35.9. The third-order valence-corrected chi connectivity index (χ3v) is 14.3. The number of epoxide rings is 1. The highest BCUT2D eigenvalue weighted by atomic mass is 16.8. The van der Waals surface area contributed by atoms with Crippen LogP contribution in [0.5, 0.6) is 0 Å². The van der Waals surface area contributed by atoms with Crippen molar-refractivity contribution in [2.45, 2.75) is 172 Å². The largest absolute Gasteiger partial charge is 0.460 e. The average Bonchev–Trinajstić information content (AvgIpc) is 3.45. The molecule has 0 spiro atoms. The first-order chi connectivity index (χ1) is 28.3. The summed E-state index contributed by atoms with van der Waals surface area (Å²) in [5.74, 6) is -1.56. The van der Waals surface area contributed by atoms with Crippen LogP contribution in [0, 0.1) is 22.7 Å². The van der Waals surface area contributed by atoms with Crippen LogP contribution in [0.25, 0.3) is 6.08 Å². The number of nitrogens with one attached hydrogen (secondary N) is 2. The van der Waals surface area contributed by atoms with Crippen LogP contribution in [0.15, 0.2) is 29.8 Å². The summed E-state index contributed by atoms with van der Waals surface area (Å²) in [7, 11) is 0. The molecule has 2 amide bonds. The van der Waals surface area contributed by atoms with Gasteiger partial charge in [-0.3, -0.25) is 24.0 Å². The van der Waals surface area contributed by atoms with Gasteiger partial charge in [-0.25, -0.2) is 0 Å². The highest BCUT2D eigenvalue weighted by Crippen LogP contribution is 2.60. The number of hydroxylamine groups is 2. The molecule has 2 bridgehead atoms. The van der Waals surface area contributed by atoms with Gasteiger partial charge in [0.25, 0.3) is 0 Å². The molecule has 0 radical (unpaired) electrons. The number of hydrogen-bond acceptors (Lipinski definition) is 13. The molecule has 1 aromatic rings. The van der Waals surface area contributed by atoms with Crippen LogP contribution in [0.4, 0.5) is 0 Å². The number of fused-ring (bicyclic) bond motifs is 6. The van der Waals surface area contributed by atoms with Crippen molar-refractivity contribution in [3.8, 4) is 0 Å². The van der Waals surface area contributed by atoms with Crippen LogP contribution in [0.2, 0.25) is 0 Å². The number of ether oxygens (including phenoxy) is 5. The predicted molar refractivity (Wildman–Crippen MR) is 215 cm³/mol. The van der Waals surface area contributed by atoms with Gasteiger partial charge in [0.1, 0.15) is 48.3 Å². The molecule has 4 saturated heterocycles. The second kappa shape index (κ2) is 16.0. The number of hydrogen-bond donors (Lipinski definition) is 4. The topological polar surface area (TPSA) is 195 Å². The number of aliphatic hydroxyl groups is 2. The van der Waals surface area contributed by atoms with Gasteiger partial charge in [0.2, 0.25) is 11.8 Å². The zero-order chi connectivity index (χ0) is 42.9. The van der Waals surface area contributed by atoms with Crippen molar-refractivity contribution in [1.29, 1.82) is 0 Å². The number of amides is 2. The van der Waals surface area contributed by atoms with E-state index in [1.54, 1.807) is 20.8 Å². The van der Waals surface area contributed by atoms with Crippen molar-refractivity contribution in [2.24, 2.45) is 22.7 Å². The summed E-state index contributed by atoms with van der Waals surface area (Å²) in [6.07, 6.45) is 3.26. The lowest BCUT2D eigenvalue weighted by Gasteiger charge is -2.53. The number of nitrogens with zero attached hydrogens (tertiary/aromatic N) is 1. The first kappa shape index (κ1) is 43.2. The van der Waals surface area contributed by atoms with Gasteiger partial charge in [-0.1, -0.05) is 49.8 Å². The van der Waals surface area contributed by atoms with Gasteiger partial charge in [0.05, 0.1) is 37.0 Å². The van der Waals surface area contributed by atoms with Crippen molar-refractivity contribution >= 4 is 29.8 Å². The Balaban J connectivity index is 1.05. The zero-order valence-electron chi connectivity index (χ0n) is 35.9. The molecule has 1 aromatic carbocycles. The number of carbonyl (C=O) groups is 4. The molecule has 60 heavy (non-hydrogen) atoms. The van der Waals surface area contributed by atoms with E-state index in [-0.39, 0.29) is 49.7 Å². The highest BCUT2D eigenvalue weighted by molar-refractivity contribution is 5.96. The summed E-state index contributed by atoms with van der Waals surface area (Å²) in [6, 6.07) is 4.47. The Morgan fingerprint density at radius 2 is 1.82 bits per heavy atom. The summed E-state index contributed by atoms with van der Waals surface area (Å²) in [5.41, 5.74) is 1.26. The summed E-state index contributed by atoms with van der Waals surface area (Å²) < 4.78 is 29.5. The average molecular weight is 838 g/mol. The van der Waals surface area contributed by atoms with Crippen molar-refractivity contribution in [2.75, 3.05) is 13.4 Å². The van der Waals surface area contributed by atoms with E-state index < -0.39 is 90.0 Å². The second-order valence-corrected chi connectivity index (χ2v) is 20.1. The molecule has 8 rings (SSSR count). The Morgan fingerprint density at radius 3 is 2.53 bits per heavy atom. The molecule has 15 heteroatoms. The van der Waals surface area contributed by atoms with Crippen LogP contribution in [-0.2, 0) is 54.2 Å². The molecule has 13 unspecified atom stereocenters. The van der Waals surface area contributed by atoms with Gasteiger partial charge in [0, 0.05) is 12.8 Å². The molecule has 4 aliphatic heterocycles.